The number of anilines is 1. The van der Waals surface area contributed by atoms with Gasteiger partial charge in [-0.05, 0) is 19.1 Å². The molecule has 0 fully saturated rings. The number of hydrogen-bond donors (Lipinski definition) is 1. The van der Waals surface area contributed by atoms with Crippen LogP contribution in [0.15, 0.2) is 46.2 Å². The summed E-state index contributed by atoms with van der Waals surface area (Å²) < 4.78 is 10.9. The van der Waals surface area contributed by atoms with Gasteiger partial charge in [0.1, 0.15) is 0 Å². The van der Waals surface area contributed by atoms with Crippen LogP contribution in [0.1, 0.15) is 17.5 Å². The molecule has 0 aliphatic heterocycles. The summed E-state index contributed by atoms with van der Waals surface area (Å²) in [6, 6.07) is 6.83. The number of fused-ring (bicyclic) bond motifs is 1. The van der Waals surface area contributed by atoms with Crippen LogP contribution in [0.4, 0.5) is 5.69 Å². The average molecular weight is 394 g/mol. The van der Waals surface area contributed by atoms with Crippen LogP contribution in [0, 0.1) is 0 Å². The lowest BCUT2D eigenvalue weighted by atomic mass is 10.2. The molecule has 26 heavy (non-hydrogen) atoms. The maximum absolute atomic E-state index is 13.1. The van der Waals surface area contributed by atoms with Gasteiger partial charge in [-0.1, -0.05) is 40.5 Å². The van der Waals surface area contributed by atoms with Crippen molar-refractivity contribution >= 4 is 51.6 Å². The molecular formula is C17H13Cl2N3O4. The smallest absolute Gasteiger partial charge is 0.299 e. The Kier molecular flexibility index (Phi) is 5.01. The number of para-hydroxylation sites is 1. The number of nitrogens with zero attached hydrogens (tertiary/aromatic N) is 3. The lowest BCUT2D eigenvalue weighted by Crippen LogP contribution is -2.35. The number of furan rings is 1. The van der Waals surface area contributed by atoms with E-state index in [2.05, 4.69) is 10.1 Å². The van der Waals surface area contributed by atoms with Crippen LogP contribution in [-0.2, 0) is 0 Å². The van der Waals surface area contributed by atoms with Crippen molar-refractivity contribution in [1.29, 1.82) is 0 Å². The van der Waals surface area contributed by atoms with Crippen LogP contribution in [-0.4, -0.2) is 29.0 Å². The fraction of sp³-hybridized carbons (Fsp3) is 0.118. The van der Waals surface area contributed by atoms with Gasteiger partial charge in [0.05, 0.1) is 22.8 Å². The minimum atomic E-state index is -0.617. The van der Waals surface area contributed by atoms with Gasteiger partial charge in [0.2, 0.25) is 0 Å². The molecule has 0 aliphatic carbocycles. The van der Waals surface area contributed by atoms with Gasteiger partial charge in [0, 0.05) is 17.8 Å². The summed E-state index contributed by atoms with van der Waals surface area (Å²) in [5.41, 5.74) is 0.555. The highest BCUT2D eigenvalue weighted by Gasteiger charge is 2.28. The Bertz CT molecular complexity index is 996. The number of oxime groups is 1. The van der Waals surface area contributed by atoms with Crippen LogP contribution in [0.2, 0.25) is 10.0 Å². The predicted octanol–water partition coefficient (Wildman–Crippen LogP) is 4.60. The zero-order valence-electron chi connectivity index (χ0n) is 13.7. The molecule has 0 radical (unpaired) electrons. The first-order valence-corrected chi connectivity index (χ1v) is 8.12. The number of aromatic nitrogens is 1. The van der Waals surface area contributed by atoms with Crippen LogP contribution in [0.25, 0.3) is 11.0 Å². The second kappa shape index (κ2) is 7.23. The maximum Gasteiger partial charge on any atom is 0.299 e. The Morgan fingerprint density at radius 1 is 1.31 bits per heavy atom. The minimum absolute atomic E-state index is 0.00329. The Labute approximate surface area is 158 Å². The van der Waals surface area contributed by atoms with Crippen molar-refractivity contribution in [2.45, 2.75) is 6.92 Å². The first kappa shape index (κ1) is 18.0. The van der Waals surface area contributed by atoms with Crippen LogP contribution >= 0.6 is 23.2 Å². The number of amidine groups is 1. The quantitative estimate of drug-likeness (QED) is 0.304. The van der Waals surface area contributed by atoms with E-state index in [1.54, 1.807) is 24.3 Å². The lowest BCUT2D eigenvalue weighted by molar-refractivity contribution is 0.0976. The summed E-state index contributed by atoms with van der Waals surface area (Å²) in [4.78, 5) is 18.0. The molecule has 2 aromatic heterocycles. The van der Waals surface area contributed by atoms with Crippen molar-refractivity contribution in [3.8, 4) is 5.75 Å². The first-order chi connectivity index (χ1) is 12.5. The second-order valence-electron chi connectivity index (χ2n) is 5.23. The van der Waals surface area contributed by atoms with E-state index in [0.29, 0.717) is 16.7 Å². The van der Waals surface area contributed by atoms with Gasteiger partial charge < -0.3 is 14.4 Å². The standard InChI is InChI=1S/C17H13Cl2N3O4/c1-9(21-24)22(15-11(18)7-20-8-12(15)19)17(23)14-6-10-4-3-5-13(25-2)16(10)26-14/h3-8,24H,1-2H3/b21-9-. The topological polar surface area (TPSA) is 88.2 Å². The van der Waals surface area contributed by atoms with E-state index < -0.39 is 5.91 Å². The zero-order valence-corrected chi connectivity index (χ0v) is 15.2. The van der Waals surface area contributed by atoms with Gasteiger partial charge in [-0.3, -0.25) is 14.7 Å². The molecule has 0 bridgehead atoms. The number of amides is 1. The lowest BCUT2D eigenvalue weighted by Gasteiger charge is -2.22. The van der Waals surface area contributed by atoms with Crippen molar-refractivity contribution < 1.29 is 19.2 Å². The fourth-order valence-electron chi connectivity index (χ4n) is 2.49. The number of pyridine rings is 1. The van der Waals surface area contributed by atoms with E-state index >= 15 is 0 Å². The van der Waals surface area contributed by atoms with Gasteiger partial charge in [-0.2, -0.15) is 0 Å². The molecular weight excluding hydrogens is 381 g/mol. The molecule has 1 amide bonds. The Morgan fingerprint density at radius 2 is 2.00 bits per heavy atom. The van der Waals surface area contributed by atoms with Crippen molar-refractivity contribution in [2.75, 3.05) is 12.0 Å². The number of rotatable bonds is 3. The monoisotopic (exact) mass is 393 g/mol. The van der Waals surface area contributed by atoms with Crippen molar-refractivity contribution in [1.82, 2.24) is 4.98 Å². The molecule has 0 spiro atoms. The molecule has 1 N–H and O–H groups in total. The second-order valence-corrected chi connectivity index (χ2v) is 6.04. The number of carbonyl (C=O) groups is 1. The average Bonchev–Trinajstić information content (AvgIpc) is 3.08. The molecule has 1 aromatic carbocycles. The number of carbonyl (C=O) groups excluding carboxylic acids is 1. The molecule has 3 aromatic rings. The highest BCUT2D eigenvalue weighted by molar-refractivity contribution is 6.41. The van der Waals surface area contributed by atoms with Gasteiger partial charge >= 0.3 is 0 Å². The van der Waals surface area contributed by atoms with Crippen molar-refractivity contribution in [3.05, 3.63) is 52.5 Å². The third kappa shape index (κ3) is 3.07. The molecule has 0 saturated heterocycles. The van der Waals surface area contributed by atoms with Gasteiger partial charge in [-0.25, -0.2) is 0 Å². The van der Waals surface area contributed by atoms with E-state index in [4.69, 9.17) is 32.4 Å². The van der Waals surface area contributed by atoms with Crippen molar-refractivity contribution in [2.24, 2.45) is 5.16 Å². The highest BCUT2D eigenvalue weighted by atomic mass is 35.5. The molecule has 3 rings (SSSR count). The number of hydrogen-bond acceptors (Lipinski definition) is 6. The van der Waals surface area contributed by atoms with Crippen molar-refractivity contribution in [3.63, 3.8) is 0 Å². The number of ether oxygens (including phenoxy) is 1. The van der Waals surface area contributed by atoms with Gasteiger partial charge in [0.25, 0.3) is 5.91 Å². The summed E-state index contributed by atoms with van der Waals surface area (Å²) in [5, 5.41) is 13.2. The number of methoxy groups -OCH3 is 1. The van der Waals surface area contributed by atoms with E-state index in [9.17, 15) is 10.0 Å². The number of benzene rings is 1. The van der Waals surface area contributed by atoms with E-state index in [-0.39, 0.29) is 27.3 Å². The molecule has 0 saturated carbocycles. The molecule has 0 unspecified atom stereocenters. The van der Waals surface area contributed by atoms with Gasteiger partial charge in [-0.15, -0.1) is 0 Å². The summed E-state index contributed by atoms with van der Waals surface area (Å²) in [6.07, 6.45) is 2.66. The Hall–Kier alpha value is -2.77. The SMILES string of the molecule is COc1cccc2cc(C(=O)N(/C(C)=N\O)c3c(Cl)cncc3Cl)oc12. The summed E-state index contributed by atoms with van der Waals surface area (Å²) in [5.74, 6) is -0.178. The van der Waals surface area contributed by atoms with E-state index in [0.717, 1.165) is 4.90 Å². The zero-order chi connectivity index (χ0) is 18.8. The predicted molar refractivity (Wildman–Crippen MR) is 98.7 cm³/mol. The molecule has 0 aliphatic rings. The van der Waals surface area contributed by atoms with E-state index in [1.807, 2.05) is 0 Å². The third-order valence-corrected chi connectivity index (χ3v) is 4.22. The number of halogens is 2. The first-order valence-electron chi connectivity index (χ1n) is 7.36. The third-order valence-electron chi connectivity index (χ3n) is 3.66. The summed E-state index contributed by atoms with van der Waals surface area (Å²) >= 11 is 12.3. The minimum Gasteiger partial charge on any atom is -0.493 e. The normalized spacial score (nSPS) is 11.6. The van der Waals surface area contributed by atoms with E-state index in [1.165, 1.54) is 26.4 Å². The maximum atomic E-state index is 13.1. The van der Waals surface area contributed by atoms with Gasteiger partial charge in [0.15, 0.2) is 22.9 Å². The molecule has 2 heterocycles. The van der Waals surface area contributed by atoms with Crippen LogP contribution in [0.3, 0.4) is 0 Å². The molecule has 134 valence electrons. The highest BCUT2D eigenvalue weighted by Crippen LogP contribution is 2.35. The largest absolute Gasteiger partial charge is 0.493 e. The molecule has 0 atom stereocenters. The van der Waals surface area contributed by atoms with Crippen LogP contribution in [0.5, 0.6) is 5.75 Å². The Morgan fingerprint density at radius 3 is 2.62 bits per heavy atom. The molecule has 9 heteroatoms. The summed E-state index contributed by atoms with van der Waals surface area (Å²) in [7, 11) is 1.50. The molecule has 7 nitrogen and oxygen atoms in total. The van der Waals surface area contributed by atoms with Crippen LogP contribution < -0.4 is 9.64 Å². The Balaban J connectivity index is 2.15. The summed E-state index contributed by atoms with van der Waals surface area (Å²) in [6.45, 7) is 1.42. The fourth-order valence-corrected chi connectivity index (χ4v) is 3.02.